The molecule has 2 amide bonds. The number of rotatable bonds is 3. The summed E-state index contributed by atoms with van der Waals surface area (Å²) < 4.78 is 5.46. The summed E-state index contributed by atoms with van der Waals surface area (Å²) in [5, 5.41) is 0. The first-order chi connectivity index (χ1) is 12.1. The Hall–Kier alpha value is -2.15. The first kappa shape index (κ1) is 17.7. The van der Waals surface area contributed by atoms with Crippen LogP contribution in [0, 0.1) is 5.92 Å². The molecule has 1 aromatic rings. The summed E-state index contributed by atoms with van der Waals surface area (Å²) in [6.07, 6.45) is 3.42. The van der Waals surface area contributed by atoms with Crippen molar-refractivity contribution in [3.05, 3.63) is 23.9 Å². The highest BCUT2D eigenvalue weighted by Gasteiger charge is 2.25. The Morgan fingerprint density at radius 1 is 1.16 bits per heavy atom. The van der Waals surface area contributed by atoms with E-state index >= 15 is 0 Å². The van der Waals surface area contributed by atoms with Crippen LogP contribution < -0.4 is 5.73 Å². The molecule has 2 aliphatic rings. The minimum atomic E-state index is -0.123. The molecule has 1 unspecified atom stereocenters. The van der Waals surface area contributed by atoms with Gasteiger partial charge in [-0.15, -0.1) is 0 Å². The Bertz CT molecular complexity index is 616. The lowest BCUT2D eigenvalue weighted by molar-refractivity contribution is -0.133. The number of anilines is 1. The lowest BCUT2D eigenvalue weighted by Gasteiger charge is -2.26. The molecule has 2 N–H and O–H groups in total. The van der Waals surface area contributed by atoms with Crippen LogP contribution in [0.3, 0.4) is 0 Å². The third-order valence-corrected chi connectivity index (χ3v) is 4.84. The minimum absolute atomic E-state index is 0.123. The van der Waals surface area contributed by atoms with Gasteiger partial charge >= 0.3 is 0 Å². The van der Waals surface area contributed by atoms with Crippen LogP contribution in [-0.2, 0) is 9.53 Å². The van der Waals surface area contributed by atoms with Gasteiger partial charge in [-0.25, -0.2) is 4.98 Å². The molecule has 25 heavy (non-hydrogen) atoms. The van der Waals surface area contributed by atoms with E-state index in [2.05, 4.69) is 4.98 Å². The Kier molecular flexibility index (Phi) is 5.86. The van der Waals surface area contributed by atoms with Gasteiger partial charge in [-0.05, 0) is 37.3 Å². The second kappa shape index (κ2) is 8.29. The van der Waals surface area contributed by atoms with Crippen LogP contribution in [0.1, 0.15) is 36.2 Å². The molecule has 1 atom stereocenters. The SMILES string of the molecule is Nc1cccc(C(=O)N2CCCN(C(=O)CC3CCCOC3)CC2)n1. The molecular formula is C18H26N4O3. The van der Waals surface area contributed by atoms with Crippen molar-refractivity contribution < 1.29 is 14.3 Å². The Morgan fingerprint density at radius 3 is 2.72 bits per heavy atom. The number of pyridine rings is 1. The number of ether oxygens (including phenoxy) is 1. The third-order valence-electron chi connectivity index (χ3n) is 4.84. The number of nitrogens with two attached hydrogens (primary N) is 1. The van der Waals surface area contributed by atoms with Gasteiger partial charge in [0.1, 0.15) is 11.5 Å². The maximum Gasteiger partial charge on any atom is 0.272 e. The number of hydrogen-bond acceptors (Lipinski definition) is 5. The van der Waals surface area contributed by atoms with E-state index < -0.39 is 0 Å². The molecule has 0 aromatic carbocycles. The summed E-state index contributed by atoms with van der Waals surface area (Å²) in [7, 11) is 0. The quantitative estimate of drug-likeness (QED) is 0.887. The lowest BCUT2D eigenvalue weighted by atomic mass is 9.98. The van der Waals surface area contributed by atoms with E-state index in [9.17, 15) is 9.59 Å². The fraction of sp³-hybridized carbons (Fsp3) is 0.611. The van der Waals surface area contributed by atoms with E-state index in [1.807, 2.05) is 4.90 Å². The monoisotopic (exact) mass is 346 g/mol. The Balaban J connectivity index is 1.54. The van der Waals surface area contributed by atoms with Gasteiger partial charge < -0.3 is 20.3 Å². The van der Waals surface area contributed by atoms with Crippen molar-refractivity contribution >= 4 is 17.6 Å². The van der Waals surface area contributed by atoms with Gasteiger partial charge in [0.05, 0.1) is 0 Å². The van der Waals surface area contributed by atoms with Gasteiger partial charge in [-0.2, -0.15) is 0 Å². The highest BCUT2D eigenvalue weighted by molar-refractivity contribution is 5.92. The van der Waals surface area contributed by atoms with Crippen LogP contribution >= 0.6 is 0 Å². The number of nitrogens with zero attached hydrogens (tertiary/aromatic N) is 3. The van der Waals surface area contributed by atoms with Gasteiger partial charge in [0.2, 0.25) is 5.91 Å². The van der Waals surface area contributed by atoms with Gasteiger partial charge in [-0.1, -0.05) is 6.07 Å². The zero-order valence-electron chi connectivity index (χ0n) is 14.5. The molecule has 2 saturated heterocycles. The molecule has 3 rings (SSSR count). The number of amides is 2. The zero-order chi connectivity index (χ0) is 17.6. The molecule has 0 radical (unpaired) electrons. The van der Waals surface area contributed by atoms with E-state index in [0.717, 1.165) is 25.9 Å². The topological polar surface area (TPSA) is 88.8 Å². The van der Waals surface area contributed by atoms with Crippen molar-refractivity contribution in [2.75, 3.05) is 45.1 Å². The molecule has 0 aliphatic carbocycles. The molecule has 2 fully saturated rings. The molecule has 7 heteroatoms. The van der Waals surface area contributed by atoms with Crippen molar-refractivity contribution in [2.45, 2.75) is 25.7 Å². The fourth-order valence-electron chi connectivity index (χ4n) is 3.45. The van der Waals surface area contributed by atoms with Crippen LogP contribution in [0.5, 0.6) is 0 Å². The van der Waals surface area contributed by atoms with Crippen molar-refractivity contribution in [2.24, 2.45) is 5.92 Å². The highest BCUT2D eigenvalue weighted by atomic mass is 16.5. The van der Waals surface area contributed by atoms with Crippen LogP contribution in [0.2, 0.25) is 0 Å². The Morgan fingerprint density at radius 2 is 1.96 bits per heavy atom. The number of nitrogen functional groups attached to an aromatic ring is 1. The average Bonchev–Trinajstić information content (AvgIpc) is 2.88. The average molecular weight is 346 g/mol. The number of carbonyl (C=O) groups excluding carboxylic acids is 2. The van der Waals surface area contributed by atoms with E-state index in [1.54, 1.807) is 23.1 Å². The molecule has 136 valence electrons. The van der Waals surface area contributed by atoms with Crippen molar-refractivity contribution in [1.29, 1.82) is 0 Å². The van der Waals surface area contributed by atoms with Crippen molar-refractivity contribution in [1.82, 2.24) is 14.8 Å². The molecule has 0 spiro atoms. The first-order valence-corrected chi connectivity index (χ1v) is 9.01. The van der Waals surface area contributed by atoms with Crippen molar-refractivity contribution in [3.63, 3.8) is 0 Å². The summed E-state index contributed by atoms with van der Waals surface area (Å²) in [6.45, 7) is 3.92. The molecule has 3 heterocycles. The van der Waals surface area contributed by atoms with Crippen LogP contribution in [0.25, 0.3) is 0 Å². The smallest absolute Gasteiger partial charge is 0.272 e. The molecule has 1 aromatic heterocycles. The second-order valence-electron chi connectivity index (χ2n) is 6.76. The predicted octanol–water partition coefficient (Wildman–Crippen LogP) is 1.15. The predicted molar refractivity (Wildman–Crippen MR) is 93.9 cm³/mol. The van der Waals surface area contributed by atoms with Crippen LogP contribution in [0.15, 0.2) is 18.2 Å². The number of hydrogen-bond donors (Lipinski definition) is 1. The molecular weight excluding hydrogens is 320 g/mol. The van der Waals surface area contributed by atoms with Gasteiger partial charge in [0.25, 0.3) is 5.91 Å². The largest absolute Gasteiger partial charge is 0.384 e. The first-order valence-electron chi connectivity index (χ1n) is 9.01. The number of aromatic nitrogens is 1. The van der Waals surface area contributed by atoms with Crippen LogP contribution in [-0.4, -0.2) is 66.0 Å². The second-order valence-corrected chi connectivity index (χ2v) is 6.76. The van der Waals surface area contributed by atoms with E-state index in [1.165, 1.54) is 0 Å². The summed E-state index contributed by atoms with van der Waals surface area (Å²) in [6, 6.07) is 5.07. The van der Waals surface area contributed by atoms with E-state index in [0.29, 0.717) is 56.6 Å². The standard InChI is InChI=1S/C18H26N4O3/c19-16-6-1-5-15(20-16)18(24)22-8-3-7-21(9-10-22)17(23)12-14-4-2-11-25-13-14/h1,5-6,14H,2-4,7-13H2,(H2,19,20). The summed E-state index contributed by atoms with van der Waals surface area (Å²) >= 11 is 0. The van der Waals surface area contributed by atoms with Gasteiger partial charge in [-0.3, -0.25) is 9.59 Å². The van der Waals surface area contributed by atoms with E-state index in [4.69, 9.17) is 10.5 Å². The summed E-state index contributed by atoms with van der Waals surface area (Å²) in [5.74, 6) is 0.722. The van der Waals surface area contributed by atoms with Gasteiger partial charge in [0, 0.05) is 45.8 Å². The van der Waals surface area contributed by atoms with Gasteiger partial charge in [0.15, 0.2) is 0 Å². The molecule has 0 saturated carbocycles. The minimum Gasteiger partial charge on any atom is -0.384 e. The Labute approximate surface area is 148 Å². The molecule has 7 nitrogen and oxygen atoms in total. The number of carbonyl (C=O) groups is 2. The normalized spacial score (nSPS) is 21.7. The molecule has 0 bridgehead atoms. The van der Waals surface area contributed by atoms with E-state index in [-0.39, 0.29) is 11.8 Å². The maximum absolute atomic E-state index is 12.6. The summed E-state index contributed by atoms with van der Waals surface area (Å²) in [5.41, 5.74) is 6.02. The summed E-state index contributed by atoms with van der Waals surface area (Å²) in [4.78, 5) is 32.9. The zero-order valence-corrected chi connectivity index (χ0v) is 14.5. The third kappa shape index (κ3) is 4.69. The maximum atomic E-state index is 12.6. The van der Waals surface area contributed by atoms with Crippen LogP contribution in [0.4, 0.5) is 5.82 Å². The molecule has 2 aliphatic heterocycles. The highest BCUT2D eigenvalue weighted by Crippen LogP contribution is 2.19. The van der Waals surface area contributed by atoms with Crippen molar-refractivity contribution in [3.8, 4) is 0 Å². The lowest BCUT2D eigenvalue weighted by Crippen LogP contribution is -2.38. The fourth-order valence-corrected chi connectivity index (χ4v) is 3.45.